The van der Waals surface area contributed by atoms with Crippen LogP contribution in [0.3, 0.4) is 0 Å². The van der Waals surface area contributed by atoms with Crippen LogP contribution in [0.1, 0.15) is 30.0 Å². The second-order valence-electron chi connectivity index (χ2n) is 15.1. The fraction of sp³-hybridized carbons (Fsp3) is 0.372. The number of fused-ring (bicyclic) bond motifs is 2. The van der Waals surface area contributed by atoms with Gasteiger partial charge in [-0.3, -0.25) is 14.5 Å². The summed E-state index contributed by atoms with van der Waals surface area (Å²) in [5.74, 6) is 0.648. The van der Waals surface area contributed by atoms with Gasteiger partial charge in [0.05, 0.1) is 60.2 Å². The number of aliphatic hydroxyl groups excluding tert-OH is 1. The highest BCUT2D eigenvalue weighted by atomic mass is 28.3. The van der Waals surface area contributed by atoms with E-state index < -0.39 is 25.9 Å². The Labute approximate surface area is 323 Å². The molecule has 7 rings (SSSR count). The minimum Gasteiger partial charge on any atom is -0.497 e. The van der Waals surface area contributed by atoms with Crippen molar-refractivity contribution < 1.29 is 38.4 Å². The molecule has 2 fully saturated rings. The molecule has 1 N–H and O–H groups in total. The van der Waals surface area contributed by atoms with Gasteiger partial charge in [-0.15, -0.1) is 0 Å². The topological polar surface area (TPSA) is 118 Å². The van der Waals surface area contributed by atoms with Crippen LogP contribution in [0.4, 0.5) is 16.2 Å². The standard InChI is InChI=1S/C43H49N3O8Si/c1-29-40(55(4,5)35-17-14-33(51-2)15-18-35)38(26-39(48)44(20-22-47)27-30-10-7-6-8-11-30)54-43(29)36-25-34(52-3)16-19-37(36)46(41(43)49)28-31-12-9-13-32(24-31)45-21-23-53-42(45)50/h6-19,24-25,29,38,40,47H,20-23,26-28H2,1-5H3/t29-,38+,40-,43+/m0/s1. The zero-order chi connectivity index (χ0) is 38.9. The first-order chi connectivity index (χ1) is 26.5. The molecule has 55 heavy (non-hydrogen) atoms. The quantitative estimate of drug-likeness (QED) is 0.169. The number of rotatable bonds is 13. The van der Waals surface area contributed by atoms with Gasteiger partial charge in [-0.2, -0.15) is 0 Å². The first-order valence-electron chi connectivity index (χ1n) is 18.8. The van der Waals surface area contributed by atoms with Crippen LogP contribution in [0.5, 0.6) is 11.5 Å². The number of ether oxygens (including phenoxy) is 4. The lowest BCUT2D eigenvalue weighted by molar-refractivity contribution is -0.150. The Balaban J connectivity index is 1.29. The number of hydrogen-bond acceptors (Lipinski definition) is 8. The summed E-state index contributed by atoms with van der Waals surface area (Å²) in [6.45, 7) is 8.01. The maximum absolute atomic E-state index is 15.3. The van der Waals surface area contributed by atoms with E-state index in [2.05, 4.69) is 32.2 Å². The summed E-state index contributed by atoms with van der Waals surface area (Å²) in [7, 11) is 0.696. The number of aliphatic hydroxyl groups is 1. The average molecular weight is 764 g/mol. The van der Waals surface area contributed by atoms with Crippen LogP contribution in [0.25, 0.3) is 0 Å². The lowest BCUT2D eigenvalue weighted by atomic mass is 9.82. The van der Waals surface area contributed by atoms with Crippen LogP contribution >= 0.6 is 0 Å². The molecule has 0 saturated carbocycles. The minimum absolute atomic E-state index is 0.0384. The maximum atomic E-state index is 15.3. The molecule has 4 aromatic rings. The van der Waals surface area contributed by atoms with Gasteiger partial charge in [0.15, 0.2) is 5.60 Å². The number of carbonyl (C=O) groups excluding carboxylic acids is 3. The molecule has 11 nitrogen and oxygen atoms in total. The molecule has 0 aliphatic carbocycles. The molecular formula is C43H49N3O8Si. The third kappa shape index (κ3) is 6.98. The molecule has 3 amide bonds. The molecule has 0 radical (unpaired) electrons. The largest absolute Gasteiger partial charge is 0.497 e. The van der Waals surface area contributed by atoms with Crippen LogP contribution in [0, 0.1) is 5.92 Å². The van der Waals surface area contributed by atoms with Gasteiger partial charge in [0.25, 0.3) is 5.91 Å². The molecule has 0 unspecified atom stereocenters. The predicted octanol–water partition coefficient (Wildman–Crippen LogP) is 5.83. The van der Waals surface area contributed by atoms with Crippen LogP contribution in [0.15, 0.2) is 97.1 Å². The molecule has 0 bridgehead atoms. The van der Waals surface area contributed by atoms with Crippen molar-refractivity contribution in [3.8, 4) is 11.5 Å². The molecular weight excluding hydrogens is 715 g/mol. The third-order valence-corrected chi connectivity index (χ3v) is 16.0. The van der Waals surface area contributed by atoms with Gasteiger partial charge >= 0.3 is 6.09 Å². The second-order valence-corrected chi connectivity index (χ2v) is 19.8. The van der Waals surface area contributed by atoms with E-state index in [1.807, 2.05) is 84.9 Å². The normalized spacial score (nSPS) is 21.9. The highest BCUT2D eigenvalue weighted by Gasteiger charge is 2.66. The Hall–Kier alpha value is -5.17. The first-order valence-corrected chi connectivity index (χ1v) is 21.9. The summed E-state index contributed by atoms with van der Waals surface area (Å²) in [5, 5.41) is 11.2. The monoisotopic (exact) mass is 763 g/mol. The van der Waals surface area contributed by atoms with Crippen molar-refractivity contribution in [2.45, 2.75) is 56.8 Å². The van der Waals surface area contributed by atoms with E-state index in [0.29, 0.717) is 42.4 Å². The van der Waals surface area contributed by atoms with Crippen LogP contribution in [0.2, 0.25) is 18.6 Å². The van der Waals surface area contributed by atoms with E-state index in [1.54, 1.807) is 28.9 Å². The summed E-state index contributed by atoms with van der Waals surface area (Å²) in [5.41, 5.74) is 2.34. The van der Waals surface area contributed by atoms with E-state index in [0.717, 1.165) is 22.1 Å². The Morgan fingerprint density at radius 2 is 1.64 bits per heavy atom. The minimum atomic E-state index is -2.55. The number of anilines is 2. The summed E-state index contributed by atoms with van der Waals surface area (Å²) >= 11 is 0. The van der Waals surface area contributed by atoms with Gasteiger partial charge in [-0.25, -0.2) is 4.79 Å². The van der Waals surface area contributed by atoms with Gasteiger partial charge in [-0.1, -0.05) is 79.8 Å². The van der Waals surface area contributed by atoms with Crippen LogP contribution in [-0.4, -0.2) is 82.6 Å². The SMILES string of the molecule is COc1ccc([Si](C)(C)[C@@H]2[C@@H](CC(=O)N(CCO)Cc3ccccc3)O[C@]3(C(=O)N(Cc4cccc(N5CCOC5=O)c4)c4ccc(OC)cc43)[C@H]2C)cc1. The van der Waals surface area contributed by atoms with E-state index >= 15 is 4.79 Å². The Morgan fingerprint density at radius 1 is 0.927 bits per heavy atom. The first kappa shape index (κ1) is 38.1. The van der Waals surface area contributed by atoms with Crippen molar-refractivity contribution in [3.05, 3.63) is 114 Å². The van der Waals surface area contributed by atoms with E-state index in [1.165, 1.54) is 0 Å². The third-order valence-electron chi connectivity index (χ3n) is 11.7. The molecule has 4 atom stereocenters. The van der Waals surface area contributed by atoms with Crippen molar-refractivity contribution in [3.63, 3.8) is 0 Å². The zero-order valence-corrected chi connectivity index (χ0v) is 33.1. The van der Waals surface area contributed by atoms with Gasteiger partial charge < -0.3 is 33.9 Å². The number of methoxy groups -OCH3 is 2. The lowest BCUT2D eigenvalue weighted by Crippen LogP contribution is -2.52. The zero-order valence-electron chi connectivity index (χ0n) is 32.1. The predicted molar refractivity (Wildman–Crippen MR) is 212 cm³/mol. The Kier molecular flexibility index (Phi) is 10.8. The summed E-state index contributed by atoms with van der Waals surface area (Å²) in [6, 6.07) is 31.1. The molecule has 1 spiro atoms. The van der Waals surface area contributed by atoms with E-state index in [-0.39, 0.29) is 49.4 Å². The number of carbonyl (C=O) groups is 3. The number of hydrogen-bond donors (Lipinski definition) is 1. The summed E-state index contributed by atoms with van der Waals surface area (Å²) < 4.78 is 23.6. The second kappa shape index (κ2) is 15.5. The Morgan fingerprint density at radius 3 is 2.31 bits per heavy atom. The molecule has 3 aliphatic rings. The smallest absolute Gasteiger partial charge is 0.414 e. The number of cyclic esters (lactones) is 1. The highest BCUT2D eigenvalue weighted by Crippen LogP contribution is 2.60. The van der Waals surface area contributed by atoms with Crippen LogP contribution < -0.4 is 24.5 Å². The fourth-order valence-electron chi connectivity index (χ4n) is 8.93. The Bertz CT molecular complexity index is 2040. The number of amides is 3. The molecule has 12 heteroatoms. The van der Waals surface area contributed by atoms with Gasteiger partial charge in [-0.05, 0) is 59.1 Å². The van der Waals surface area contributed by atoms with Crippen LogP contribution in [-0.2, 0) is 37.8 Å². The molecule has 3 aliphatic heterocycles. The van der Waals surface area contributed by atoms with E-state index in [9.17, 15) is 14.7 Å². The van der Waals surface area contributed by atoms with Crippen molar-refractivity contribution in [2.75, 3.05) is 50.3 Å². The number of nitrogens with zero attached hydrogens (tertiary/aromatic N) is 3. The van der Waals surface area contributed by atoms with Gasteiger partial charge in [0.2, 0.25) is 5.91 Å². The van der Waals surface area contributed by atoms with E-state index in [4.69, 9.17) is 18.9 Å². The van der Waals surface area contributed by atoms with Crippen molar-refractivity contribution in [1.82, 2.24) is 4.90 Å². The van der Waals surface area contributed by atoms with Crippen molar-refractivity contribution in [2.24, 2.45) is 5.92 Å². The van der Waals surface area contributed by atoms with Crippen molar-refractivity contribution >= 4 is 42.5 Å². The summed E-state index contributed by atoms with van der Waals surface area (Å²) in [4.78, 5) is 47.2. The fourth-order valence-corrected chi connectivity index (χ4v) is 12.9. The average Bonchev–Trinajstić information content (AvgIpc) is 3.83. The lowest BCUT2D eigenvalue weighted by Gasteiger charge is -2.37. The highest BCUT2D eigenvalue weighted by molar-refractivity contribution is 6.91. The number of benzene rings is 4. The maximum Gasteiger partial charge on any atom is 0.414 e. The molecule has 288 valence electrons. The molecule has 0 aromatic heterocycles. The molecule has 2 saturated heterocycles. The van der Waals surface area contributed by atoms with Gasteiger partial charge in [0, 0.05) is 30.3 Å². The summed E-state index contributed by atoms with van der Waals surface area (Å²) in [6.07, 6.45) is -0.970. The molecule has 3 heterocycles. The van der Waals surface area contributed by atoms with Gasteiger partial charge in [0.1, 0.15) is 18.1 Å². The van der Waals surface area contributed by atoms with Crippen molar-refractivity contribution in [1.29, 1.82) is 0 Å². The molecule has 4 aromatic carbocycles.